The van der Waals surface area contributed by atoms with Gasteiger partial charge in [-0.3, -0.25) is 0 Å². The molecule has 0 unspecified atom stereocenters. The van der Waals surface area contributed by atoms with Crippen molar-refractivity contribution in [2.24, 2.45) is 0 Å². The zero-order valence-electron chi connectivity index (χ0n) is 14.9. The molecule has 3 heteroatoms. The highest BCUT2D eigenvalue weighted by Crippen LogP contribution is 2.36. The predicted octanol–water partition coefficient (Wildman–Crippen LogP) is 4.95. The lowest BCUT2D eigenvalue weighted by Gasteiger charge is -2.17. The normalized spacial score (nSPS) is 9.95. The Kier molecular flexibility index (Phi) is 7.03. The summed E-state index contributed by atoms with van der Waals surface area (Å²) in [5, 5.41) is 0. The lowest BCUT2D eigenvalue weighted by atomic mass is 9.96. The van der Waals surface area contributed by atoms with Gasteiger partial charge in [0, 0.05) is 24.1 Å². The number of allylic oxidation sites excluding steroid dienone is 4. The van der Waals surface area contributed by atoms with Crippen LogP contribution in [0.25, 0.3) is 0 Å². The van der Waals surface area contributed by atoms with Gasteiger partial charge in [-0.05, 0) is 34.1 Å². The quantitative estimate of drug-likeness (QED) is 0.667. The minimum atomic E-state index is 0.737. The molecule has 22 heavy (non-hydrogen) atoms. The minimum absolute atomic E-state index is 0.737. The van der Waals surface area contributed by atoms with Crippen molar-refractivity contribution in [2.45, 2.75) is 40.5 Å². The molecule has 0 aromatic heterocycles. The van der Waals surface area contributed by atoms with E-state index in [0.717, 1.165) is 35.7 Å². The number of hydrogen-bond acceptors (Lipinski definition) is 3. The van der Waals surface area contributed by atoms with Gasteiger partial charge in [0.25, 0.3) is 0 Å². The first kappa shape index (κ1) is 18.1. The van der Waals surface area contributed by atoms with E-state index >= 15 is 0 Å². The van der Waals surface area contributed by atoms with E-state index in [2.05, 4.69) is 33.8 Å². The van der Waals surface area contributed by atoms with Crippen molar-refractivity contribution in [1.82, 2.24) is 0 Å². The average Bonchev–Trinajstić information content (AvgIpc) is 2.50. The SMILES string of the molecule is COc1cc(OC)c(CC(CC=C(C)C)=C(C)C)c(OC)c1. The first-order valence-corrected chi connectivity index (χ1v) is 7.50. The van der Waals surface area contributed by atoms with E-state index in [0.29, 0.717) is 0 Å². The van der Waals surface area contributed by atoms with E-state index in [1.807, 2.05) is 12.1 Å². The molecule has 0 saturated heterocycles. The van der Waals surface area contributed by atoms with Gasteiger partial charge in [0.1, 0.15) is 17.2 Å². The number of benzene rings is 1. The van der Waals surface area contributed by atoms with Crippen LogP contribution < -0.4 is 14.2 Å². The van der Waals surface area contributed by atoms with Gasteiger partial charge in [-0.25, -0.2) is 0 Å². The van der Waals surface area contributed by atoms with Gasteiger partial charge >= 0.3 is 0 Å². The molecule has 0 bridgehead atoms. The van der Waals surface area contributed by atoms with Gasteiger partial charge in [0.05, 0.1) is 21.3 Å². The average molecular weight is 304 g/mol. The molecule has 122 valence electrons. The van der Waals surface area contributed by atoms with Crippen molar-refractivity contribution in [3.05, 3.63) is 40.5 Å². The summed E-state index contributed by atoms with van der Waals surface area (Å²) >= 11 is 0. The number of hydrogen-bond donors (Lipinski definition) is 0. The summed E-state index contributed by atoms with van der Waals surface area (Å²) in [6.45, 7) is 8.54. The molecule has 0 aliphatic heterocycles. The second-order valence-electron chi connectivity index (χ2n) is 5.78. The molecule has 0 spiro atoms. The maximum atomic E-state index is 5.54. The zero-order valence-corrected chi connectivity index (χ0v) is 14.9. The Morgan fingerprint density at radius 1 is 0.909 bits per heavy atom. The highest BCUT2D eigenvalue weighted by Gasteiger charge is 2.15. The first-order chi connectivity index (χ1) is 10.4. The minimum Gasteiger partial charge on any atom is -0.496 e. The van der Waals surface area contributed by atoms with Crippen molar-refractivity contribution in [2.75, 3.05) is 21.3 Å². The van der Waals surface area contributed by atoms with Crippen molar-refractivity contribution < 1.29 is 14.2 Å². The molecule has 0 aliphatic carbocycles. The fourth-order valence-corrected chi connectivity index (χ4v) is 2.25. The summed E-state index contributed by atoms with van der Waals surface area (Å²) < 4.78 is 16.4. The summed E-state index contributed by atoms with van der Waals surface area (Å²) in [7, 11) is 5.00. The van der Waals surface area contributed by atoms with Crippen LogP contribution in [0.2, 0.25) is 0 Å². The predicted molar refractivity (Wildman–Crippen MR) is 92.2 cm³/mol. The molecule has 1 rings (SSSR count). The van der Waals surface area contributed by atoms with Gasteiger partial charge in [-0.1, -0.05) is 22.8 Å². The zero-order chi connectivity index (χ0) is 16.7. The van der Waals surface area contributed by atoms with E-state index < -0.39 is 0 Å². The van der Waals surface area contributed by atoms with Gasteiger partial charge in [-0.15, -0.1) is 0 Å². The van der Waals surface area contributed by atoms with Gasteiger partial charge in [-0.2, -0.15) is 0 Å². The Morgan fingerprint density at radius 2 is 1.45 bits per heavy atom. The summed E-state index contributed by atoms with van der Waals surface area (Å²) in [6.07, 6.45) is 4.01. The highest BCUT2D eigenvalue weighted by molar-refractivity contribution is 5.52. The lowest BCUT2D eigenvalue weighted by molar-refractivity contribution is 0.369. The van der Waals surface area contributed by atoms with Gasteiger partial charge in [0.2, 0.25) is 0 Å². The van der Waals surface area contributed by atoms with Crippen LogP contribution >= 0.6 is 0 Å². The largest absolute Gasteiger partial charge is 0.496 e. The molecule has 0 radical (unpaired) electrons. The smallest absolute Gasteiger partial charge is 0.129 e. The molecule has 1 aromatic rings. The fraction of sp³-hybridized carbons (Fsp3) is 0.474. The molecular weight excluding hydrogens is 276 g/mol. The molecule has 3 nitrogen and oxygen atoms in total. The van der Waals surface area contributed by atoms with Crippen molar-refractivity contribution >= 4 is 0 Å². The molecule has 0 fully saturated rings. The number of ether oxygens (including phenoxy) is 3. The van der Waals surface area contributed by atoms with Crippen LogP contribution in [0.5, 0.6) is 17.2 Å². The lowest BCUT2D eigenvalue weighted by Crippen LogP contribution is -2.01. The Labute approximate surface area is 134 Å². The van der Waals surface area contributed by atoms with E-state index in [1.165, 1.54) is 16.7 Å². The third-order valence-electron chi connectivity index (χ3n) is 3.67. The van der Waals surface area contributed by atoms with E-state index in [4.69, 9.17) is 14.2 Å². The standard InChI is InChI=1S/C19H28O3/c1-13(2)8-9-15(14(3)4)10-17-18(21-6)11-16(20-5)12-19(17)22-7/h8,11-12H,9-10H2,1-7H3. The van der Waals surface area contributed by atoms with E-state index in [9.17, 15) is 0 Å². The molecular formula is C19H28O3. The molecule has 0 heterocycles. The van der Waals surface area contributed by atoms with Crippen LogP contribution in [0, 0.1) is 0 Å². The Balaban J connectivity index is 3.24. The third kappa shape index (κ3) is 4.83. The Morgan fingerprint density at radius 3 is 1.82 bits per heavy atom. The van der Waals surface area contributed by atoms with Crippen LogP contribution in [0.15, 0.2) is 34.9 Å². The number of methoxy groups -OCH3 is 3. The molecule has 0 amide bonds. The summed E-state index contributed by atoms with van der Waals surface area (Å²) in [4.78, 5) is 0. The van der Waals surface area contributed by atoms with Gasteiger partial charge < -0.3 is 14.2 Å². The number of rotatable bonds is 7. The maximum Gasteiger partial charge on any atom is 0.129 e. The fourth-order valence-electron chi connectivity index (χ4n) is 2.25. The van der Waals surface area contributed by atoms with Crippen LogP contribution in [0.1, 0.15) is 39.7 Å². The van der Waals surface area contributed by atoms with Crippen molar-refractivity contribution in [1.29, 1.82) is 0 Å². The van der Waals surface area contributed by atoms with E-state index in [1.54, 1.807) is 21.3 Å². The van der Waals surface area contributed by atoms with Crippen LogP contribution in [0.3, 0.4) is 0 Å². The van der Waals surface area contributed by atoms with Crippen molar-refractivity contribution in [3.63, 3.8) is 0 Å². The molecule has 0 N–H and O–H groups in total. The Hall–Kier alpha value is -1.90. The highest BCUT2D eigenvalue weighted by atomic mass is 16.5. The summed E-state index contributed by atoms with van der Waals surface area (Å²) in [5.74, 6) is 2.33. The van der Waals surface area contributed by atoms with E-state index in [-0.39, 0.29) is 0 Å². The third-order valence-corrected chi connectivity index (χ3v) is 3.67. The van der Waals surface area contributed by atoms with Crippen LogP contribution in [0.4, 0.5) is 0 Å². The second-order valence-corrected chi connectivity index (χ2v) is 5.78. The molecule has 0 saturated carbocycles. The van der Waals surface area contributed by atoms with Crippen molar-refractivity contribution in [3.8, 4) is 17.2 Å². The monoisotopic (exact) mass is 304 g/mol. The first-order valence-electron chi connectivity index (χ1n) is 7.50. The molecule has 0 atom stereocenters. The maximum absolute atomic E-state index is 5.54. The second kappa shape index (κ2) is 8.52. The molecule has 0 aliphatic rings. The van der Waals surface area contributed by atoms with Crippen LogP contribution in [-0.4, -0.2) is 21.3 Å². The molecule has 1 aromatic carbocycles. The van der Waals surface area contributed by atoms with Gasteiger partial charge in [0.15, 0.2) is 0 Å². The topological polar surface area (TPSA) is 27.7 Å². The van der Waals surface area contributed by atoms with Crippen LogP contribution in [-0.2, 0) is 6.42 Å². The summed E-state index contributed by atoms with van der Waals surface area (Å²) in [5.41, 5.74) is 5.09. The summed E-state index contributed by atoms with van der Waals surface area (Å²) in [6, 6.07) is 3.81. The Bertz CT molecular complexity index is 535.